The third kappa shape index (κ3) is 7.26. The zero-order chi connectivity index (χ0) is 36.0. The summed E-state index contributed by atoms with van der Waals surface area (Å²) in [5.74, 6) is -3.57. The number of carbonyl (C=O) groups is 2. The van der Waals surface area contributed by atoms with Crippen molar-refractivity contribution in [1.29, 1.82) is 0 Å². The number of imide groups is 1. The lowest BCUT2D eigenvalue weighted by atomic mass is 9.58. The highest BCUT2D eigenvalue weighted by Crippen LogP contribution is 2.52. The van der Waals surface area contributed by atoms with Gasteiger partial charge < -0.3 is 23.9 Å². The molecule has 3 aliphatic rings. The number of nitrogens with zero attached hydrogens (tertiary/aromatic N) is 1. The van der Waals surface area contributed by atoms with E-state index in [-0.39, 0.29) is 32.0 Å². The molecule has 0 spiro atoms. The molecule has 2 N–H and O–H groups in total. The van der Waals surface area contributed by atoms with Crippen LogP contribution in [0.3, 0.4) is 0 Å². The smallest absolute Gasteiger partial charge is 0.455 e. The third-order valence-corrected chi connectivity index (χ3v) is 9.32. The number of ether oxygens (including phenoxy) is 1. The van der Waals surface area contributed by atoms with Gasteiger partial charge in [-0.3, -0.25) is 9.59 Å². The molecule has 15 heteroatoms. The average molecular weight is 703 g/mol. The molecule has 0 saturated carbocycles. The van der Waals surface area contributed by atoms with E-state index in [4.69, 9.17) is 13.8 Å². The van der Waals surface area contributed by atoms with E-state index >= 15 is 0 Å². The summed E-state index contributed by atoms with van der Waals surface area (Å²) in [4.78, 5) is 28.4. The fourth-order valence-corrected chi connectivity index (χ4v) is 7.14. The Balaban J connectivity index is 1.35. The molecule has 2 aliphatic heterocycles. The van der Waals surface area contributed by atoms with Gasteiger partial charge in [-0.15, -0.1) is 0 Å². The van der Waals surface area contributed by atoms with Gasteiger partial charge >= 0.3 is 19.5 Å². The minimum Gasteiger partial charge on any atom is -0.489 e. The number of hydrogen-bond donors (Lipinski definition) is 2. The van der Waals surface area contributed by atoms with E-state index in [1.807, 2.05) is 6.92 Å². The molecule has 2 saturated heterocycles. The molecule has 8 nitrogen and oxygen atoms in total. The largest absolute Gasteiger partial charge is 0.489 e. The number of carbonyl (C=O) groups excluding carboxylic acids is 2. The second-order valence-corrected chi connectivity index (χ2v) is 12.7. The van der Waals surface area contributed by atoms with Crippen molar-refractivity contribution in [3.05, 3.63) is 100 Å². The fraction of sp³-hybridized carbons (Fsp3) is 0.371. The minimum absolute atomic E-state index is 0.0383. The Labute approximate surface area is 283 Å². The molecule has 1 aliphatic carbocycles. The highest BCUT2D eigenvalue weighted by molar-refractivity contribution is 6.43. The number of amides is 2. The zero-order valence-electron chi connectivity index (χ0n) is 26.6. The summed E-state index contributed by atoms with van der Waals surface area (Å²) in [6, 6.07) is 12.8. The van der Waals surface area contributed by atoms with Gasteiger partial charge in [-0.25, -0.2) is 4.90 Å². The van der Waals surface area contributed by atoms with Crippen molar-refractivity contribution >= 4 is 30.7 Å². The molecule has 264 valence electrons. The van der Waals surface area contributed by atoms with Crippen LogP contribution in [0.15, 0.2) is 81.8 Å². The SMILES string of the molecule is C/C(=C\c1ccc(CO)o1)CC[C@H]1OB(O)C[C@H]2C1=C(COc1ccccc1)C[C@H]1C(=O)N(c3cc(C(F)(F)F)cc(C(F)(F)F)c3)C(=O)[C@H]12. The van der Waals surface area contributed by atoms with Crippen LogP contribution in [0.25, 0.3) is 6.08 Å². The molecule has 3 heterocycles. The Hall–Kier alpha value is -4.34. The first kappa shape index (κ1) is 35.5. The molecule has 6 rings (SSSR count). The van der Waals surface area contributed by atoms with Crippen molar-refractivity contribution in [3.8, 4) is 5.75 Å². The van der Waals surface area contributed by atoms with Gasteiger partial charge in [0, 0.05) is 0 Å². The Morgan fingerprint density at radius 3 is 2.28 bits per heavy atom. The summed E-state index contributed by atoms with van der Waals surface area (Å²) in [5, 5.41) is 20.2. The number of benzene rings is 2. The van der Waals surface area contributed by atoms with Crippen molar-refractivity contribution in [1.82, 2.24) is 0 Å². The van der Waals surface area contributed by atoms with Gasteiger partial charge in [0.15, 0.2) is 0 Å². The number of furan rings is 1. The van der Waals surface area contributed by atoms with E-state index in [0.717, 1.165) is 5.57 Å². The summed E-state index contributed by atoms with van der Waals surface area (Å²) in [6.07, 6.45) is -8.78. The topological polar surface area (TPSA) is 109 Å². The van der Waals surface area contributed by atoms with E-state index in [2.05, 4.69) is 0 Å². The fourth-order valence-electron chi connectivity index (χ4n) is 7.14. The molecule has 3 aromatic rings. The van der Waals surface area contributed by atoms with E-state index in [1.54, 1.807) is 48.5 Å². The summed E-state index contributed by atoms with van der Waals surface area (Å²) in [6.45, 7) is 1.55. The van der Waals surface area contributed by atoms with Crippen LogP contribution in [-0.2, 0) is 33.2 Å². The first-order valence-electron chi connectivity index (χ1n) is 15.9. The van der Waals surface area contributed by atoms with E-state index < -0.39 is 72.0 Å². The van der Waals surface area contributed by atoms with E-state index in [0.29, 0.717) is 58.3 Å². The van der Waals surface area contributed by atoms with Crippen LogP contribution in [0.5, 0.6) is 5.75 Å². The van der Waals surface area contributed by atoms with Gasteiger partial charge in [-0.05, 0) is 98.1 Å². The van der Waals surface area contributed by atoms with E-state index in [1.165, 1.54) is 0 Å². The van der Waals surface area contributed by atoms with E-state index in [9.17, 15) is 46.1 Å². The van der Waals surface area contributed by atoms with Crippen LogP contribution in [0.4, 0.5) is 32.0 Å². The molecule has 0 bridgehead atoms. The summed E-state index contributed by atoms with van der Waals surface area (Å²) >= 11 is 0. The molecule has 2 amide bonds. The summed E-state index contributed by atoms with van der Waals surface area (Å²) < 4.78 is 99.9. The molecule has 1 aromatic heterocycles. The van der Waals surface area contributed by atoms with Gasteiger partial charge in [-0.2, -0.15) is 26.3 Å². The lowest BCUT2D eigenvalue weighted by molar-refractivity contribution is -0.143. The van der Waals surface area contributed by atoms with Crippen LogP contribution in [0.1, 0.15) is 48.8 Å². The maximum absolute atomic E-state index is 14.1. The highest BCUT2D eigenvalue weighted by atomic mass is 19.4. The standard InChI is InChI=1S/C35H32BF6NO7/c1-19(11-25-8-9-26(17-44)49-25)7-10-29-30-20(18-48-24-5-3-2-4-6-24)12-27-31(28(30)16-36(47)50-29)33(46)43(32(27)45)23-14-21(34(37,38)39)13-22(15-23)35(40,41)42/h2-6,8-9,11,13-15,27-29,31,44,47H,7,10,12,16-18H2,1H3/b19-11+/t27-,28+,29-,31-/m1/s1. The first-order chi connectivity index (χ1) is 23.6. The second kappa shape index (κ2) is 13.8. The van der Waals surface area contributed by atoms with Crippen LogP contribution in [0.2, 0.25) is 6.32 Å². The summed E-state index contributed by atoms with van der Waals surface area (Å²) in [5.41, 5.74) is -2.05. The number of aliphatic hydroxyl groups excluding tert-OH is 1. The van der Waals surface area contributed by atoms with Crippen LogP contribution in [0, 0.1) is 17.8 Å². The Morgan fingerprint density at radius 1 is 0.980 bits per heavy atom. The molecular formula is C35H32BF6NO7. The average Bonchev–Trinajstić information content (AvgIpc) is 3.62. The molecule has 2 aromatic carbocycles. The number of halogens is 6. The number of alkyl halides is 6. The number of para-hydroxylation sites is 1. The van der Waals surface area contributed by atoms with Gasteiger partial charge in [0.1, 0.15) is 30.5 Å². The predicted molar refractivity (Wildman–Crippen MR) is 168 cm³/mol. The van der Waals surface area contributed by atoms with Crippen LogP contribution < -0.4 is 9.64 Å². The summed E-state index contributed by atoms with van der Waals surface area (Å²) in [7, 11) is -1.37. The quantitative estimate of drug-likeness (QED) is 0.106. The molecule has 0 radical (unpaired) electrons. The molecule has 0 unspecified atom stereocenters. The number of rotatable bonds is 9. The van der Waals surface area contributed by atoms with Crippen molar-refractivity contribution in [3.63, 3.8) is 0 Å². The first-order valence-corrected chi connectivity index (χ1v) is 15.9. The third-order valence-electron chi connectivity index (χ3n) is 9.32. The monoisotopic (exact) mass is 703 g/mol. The highest BCUT2D eigenvalue weighted by Gasteiger charge is 2.58. The van der Waals surface area contributed by atoms with Crippen LogP contribution in [-0.4, -0.2) is 41.8 Å². The Bertz CT molecular complexity index is 1790. The normalized spacial score (nSPS) is 23.0. The van der Waals surface area contributed by atoms with Gasteiger partial charge in [0.05, 0.1) is 34.8 Å². The lowest BCUT2D eigenvalue weighted by Crippen LogP contribution is -2.46. The van der Waals surface area contributed by atoms with Crippen molar-refractivity contribution < 1.29 is 59.9 Å². The Morgan fingerprint density at radius 2 is 1.66 bits per heavy atom. The molecule has 50 heavy (non-hydrogen) atoms. The Kier molecular flexibility index (Phi) is 9.77. The maximum Gasteiger partial charge on any atom is 0.455 e. The number of fused-ring (bicyclic) bond motifs is 3. The molecular weight excluding hydrogens is 671 g/mol. The lowest BCUT2D eigenvalue weighted by Gasteiger charge is -2.43. The van der Waals surface area contributed by atoms with Crippen LogP contribution >= 0.6 is 0 Å². The number of allylic oxidation sites excluding steroid dienone is 1. The molecule has 2 fully saturated rings. The van der Waals surface area contributed by atoms with Gasteiger partial charge in [0.2, 0.25) is 11.8 Å². The molecule has 4 atom stereocenters. The minimum atomic E-state index is -5.19. The second-order valence-electron chi connectivity index (χ2n) is 12.7. The van der Waals surface area contributed by atoms with Gasteiger partial charge in [-0.1, -0.05) is 23.8 Å². The number of hydrogen-bond acceptors (Lipinski definition) is 7. The van der Waals surface area contributed by atoms with Crippen molar-refractivity contribution in [2.75, 3.05) is 11.5 Å². The zero-order valence-corrected chi connectivity index (χ0v) is 26.6. The van der Waals surface area contributed by atoms with Crippen molar-refractivity contribution in [2.45, 2.75) is 57.6 Å². The van der Waals surface area contributed by atoms with Crippen molar-refractivity contribution in [2.24, 2.45) is 17.8 Å². The maximum atomic E-state index is 14.1. The van der Waals surface area contributed by atoms with Gasteiger partial charge in [0.25, 0.3) is 0 Å². The number of aliphatic hydroxyl groups is 1. The number of anilines is 1. The predicted octanol–water partition coefficient (Wildman–Crippen LogP) is 7.07.